The van der Waals surface area contributed by atoms with Crippen LogP contribution >= 0.6 is 11.6 Å². The normalized spacial score (nSPS) is 15.8. The Morgan fingerprint density at radius 1 is 1.27 bits per heavy atom. The van der Waals surface area contributed by atoms with Gasteiger partial charge in [0.1, 0.15) is 17.0 Å². The molecule has 2 N–H and O–H groups in total. The van der Waals surface area contributed by atoms with Gasteiger partial charge >= 0.3 is 0 Å². The summed E-state index contributed by atoms with van der Waals surface area (Å²) in [6.07, 6.45) is 2.57. The van der Waals surface area contributed by atoms with Gasteiger partial charge in [0.05, 0.1) is 5.69 Å². The number of hydrogen-bond donors (Lipinski definition) is 2. The first-order chi connectivity index (χ1) is 14.1. The highest BCUT2D eigenvalue weighted by molar-refractivity contribution is 6.29. The van der Waals surface area contributed by atoms with E-state index < -0.39 is 11.5 Å². The van der Waals surface area contributed by atoms with Gasteiger partial charge in [-0.25, -0.2) is 9.97 Å². The maximum Gasteiger partial charge on any atom is 0.272 e. The zero-order chi connectivity index (χ0) is 22.1. The maximum atomic E-state index is 13.3. The molecule has 0 spiro atoms. The number of imidazole rings is 1. The lowest BCUT2D eigenvalue weighted by molar-refractivity contribution is -0.124. The number of carbonyl (C=O) groups excluding carboxylic acids is 2. The highest BCUT2D eigenvalue weighted by Crippen LogP contribution is 2.28. The van der Waals surface area contributed by atoms with Crippen LogP contribution in [0.4, 0.5) is 0 Å². The number of rotatable bonds is 4. The van der Waals surface area contributed by atoms with E-state index in [0.29, 0.717) is 23.2 Å². The second-order valence-electron chi connectivity index (χ2n) is 8.73. The summed E-state index contributed by atoms with van der Waals surface area (Å²) in [6, 6.07) is 2.89. The van der Waals surface area contributed by atoms with E-state index in [9.17, 15) is 9.59 Å². The van der Waals surface area contributed by atoms with Gasteiger partial charge in [-0.1, -0.05) is 32.4 Å². The molecule has 2 amide bonds. The molecule has 0 saturated carbocycles. The third kappa shape index (κ3) is 4.65. The average molecular weight is 433 g/mol. The van der Waals surface area contributed by atoms with Crippen LogP contribution in [0.1, 0.15) is 43.4 Å². The predicted molar refractivity (Wildman–Crippen MR) is 116 cm³/mol. The largest absolute Gasteiger partial charge is 0.357 e. The fraction of sp³-hybridized carbons (Fsp3) is 0.524. The summed E-state index contributed by atoms with van der Waals surface area (Å²) in [6.45, 7) is 8.00. The van der Waals surface area contributed by atoms with Crippen LogP contribution in [0.3, 0.4) is 0 Å². The first-order valence-corrected chi connectivity index (χ1v) is 10.4. The standard InChI is InChI=1S/C21H29ClN6O2/c1-21(2,3)17(20(30)23-4)26-19(29)16-14-12-27(5)9-6-10-28(14)18(25-16)13-7-8-24-15(22)11-13/h7-8,11,17H,6,9-10,12H2,1-5H3,(H,23,30)(H,26,29). The second-order valence-corrected chi connectivity index (χ2v) is 9.11. The summed E-state index contributed by atoms with van der Waals surface area (Å²) < 4.78 is 2.08. The fourth-order valence-corrected chi connectivity index (χ4v) is 3.86. The van der Waals surface area contributed by atoms with Crippen molar-refractivity contribution < 1.29 is 9.59 Å². The van der Waals surface area contributed by atoms with Gasteiger partial charge < -0.3 is 20.1 Å². The number of nitrogens with zero attached hydrogens (tertiary/aromatic N) is 4. The molecule has 1 atom stereocenters. The molecule has 0 radical (unpaired) electrons. The zero-order valence-corrected chi connectivity index (χ0v) is 18.9. The summed E-state index contributed by atoms with van der Waals surface area (Å²) in [7, 11) is 3.59. The molecule has 162 valence electrons. The monoisotopic (exact) mass is 432 g/mol. The van der Waals surface area contributed by atoms with E-state index in [-0.39, 0.29) is 11.8 Å². The first-order valence-electron chi connectivity index (χ1n) is 10.0. The molecule has 0 aromatic carbocycles. The summed E-state index contributed by atoms with van der Waals surface area (Å²) in [5.41, 5.74) is 1.52. The number of amides is 2. The number of fused-ring (bicyclic) bond motifs is 1. The number of likely N-dealkylation sites (N-methyl/N-ethyl adjacent to an activating group) is 1. The molecule has 3 rings (SSSR count). The van der Waals surface area contributed by atoms with Crippen LogP contribution in [0.5, 0.6) is 0 Å². The summed E-state index contributed by atoms with van der Waals surface area (Å²) >= 11 is 6.09. The lowest BCUT2D eigenvalue weighted by Crippen LogP contribution is -2.53. The second kappa shape index (κ2) is 8.73. The van der Waals surface area contributed by atoms with Gasteiger partial charge in [0.25, 0.3) is 5.91 Å². The Bertz CT molecular complexity index is 949. The van der Waals surface area contributed by atoms with Gasteiger partial charge in [-0.2, -0.15) is 0 Å². The Kier molecular flexibility index (Phi) is 6.47. The Morgan fingerprint density at radius 3 is 2.63 bits per heavy atom. The van der Waals surface area contributed by atoms with Gasteiger partial charge in [0, 0.05) is 31.9 Å². The summed E-state index contributed by atoms with van der Waals surface area (Å²) in [5, 5.41) is 5.91. The van der Waals surface area contributed by atoms with Gasteiger partial charge in [-0.3, -0.25) is 9.59 Å². The molecule has 0 saturated heterocycles. The first kappa shape index (κ1) is 22.2. The van der Waals surface area contributed by atoms with Crippen LogP contribution in [0, 0.1) is 5.41 Å². The molecular formula is C21H29ClN6O2. The summed E-state index contributed by atoms with van der Waals surface area (Å²) in [5.74, 6) is 0.0883. The van der Waals surface area contributed by atoms with Crippen LogP contribution in [-0.4, -0.2) is 57.9 Å². The minimum Gasteiger partial charge on any atom is -0.357 e. The van der Waals surface area contributed by atoms with Crippen LogP contribution in [0.15, 0.2) is 18.3 Å². The SMILES string of the molecule is CNC(=O)C(NC(=O)c1nc(-c2ccnc(Cl)c2)n2c1CN(C)CCC2)C(C)(C)C. The average Bonchev–Trinajstić information content (AvgIpc) is 2.91. The molecule has 30 heavy (non-hydrogen) atoms. The quantitative estimate of drug-likeness (QED) is 0.723. The highest BCUT2D eigenvalue weighted by Gasteiger charge is 2.34. The Balaban J connectivity index is 2.05. The van der Waals surface area contributed by atoms with Crippen LogP contribution in [0.2, 0.25) is 5.15 Å². The maximum absolute atomic E-state index is 13.3. The number of nitrogens with one attached hydrogen (secondary N) is 2. The van der Waals surface area contributed by atoms with E-state index in [1.807, 2.05) is 33.9 Å². The number of halogens is 1. The highest BCUT2D eigenvalue weighted by atomic mass is 35.5. The molecule has 1 aliphatic heterocycles. The molecule has 0 fully saturated rings. The zero-order valence-electron chi connectivity index (χ0n) is 18.1. The number of pyridine rings is 1. The van der Waals surface area contributed by atoms with Crippen molar-refractivity contribution >= 4 is 23.4 Å². The number of hydrogen-bond acceptors (Lipinski definition) is 5. The van der Waals surface area contributed by atoms with Crippen molar-refractivity contribution in [2.45, 2.75) is 46.3 Å². The number of carbonyl (C=O) groups is 2. The van der Waals surface area contributed by atoms with Crippen molar-refractivity contribution in [1.82, 2.24) is 30.1 Å². The lowest BCUT2D eigenvalue weighted by Gasteiger charge is -2.29. The Morgan fingerprint density at radius 2 is 2.00 bits per heavy atom. The third-order valence-corrected chi connectivity index (χ3v) is 5.47. The van der Waals surface area contributed by atoms with Crippen molar-refractivity contribution in [1.29, 1.82) is 0 Å². The molecule has 3 heterocycles. The van der Waals surface area contributed by atoms with Crippen molar-refractivity contribution in [3.63, 3.8) is 0 Å². The van der Waals surface area contributed by atoms with Crippen molar-refractivity contribution in [2.24, 2.45) is 5.41 Å². The molecule has 1 unspecified atom stereocenters. The van der Waals surface area contributed by atoms with Crippen LogP contribution < -0.4 is 10.6 Å². The van der Waals surface area contributed by atoms with E-state index in [1.54, 1.807) is 19.3 Å². The molecule has 8 nitrogen and oxygen atoms in total. The van der Waals surface area contributed by atoms with Crippen molar-refractivity contribution in [2.75, 3.05) is 20.6 Å². The molecular weight excluding hydrogens is 404 g/mol. The molecule has 0 bridgehead atoms. The molecule has 2 aromatic heterocycles. The smallest absolute Gasteiger partial charge is 0.272 e. The molecule has 1 aliphatic rings. The predicted octanol–water partition coefficient (Wildman–Crippen LogP) is 2.32. The topological polar surface area (TPSA) is 92.1 Å². The van der Waals surface area contributed by atoms with Crippen LogP contribution in [0.25, 0.3) is 11.4 Å². The Labute approximate surface area is 182 Å². The van der Waals surface area contributed by atoms with Crippen molar-refractivity contribution in [3.05, 3.63) is 34.9 Å². The fourth-order valence-electron chi connectivity index (χ4n) is 3.68. The minimum absolute atomic E-state index is 0.237. The van der Waals surface area contributed by atoms with E-state index in [0.717, 1.165) is 30.8 Å². The molecule has 0 aliphatic carbocycles. The van der Waals surface area contributed by atoms with Gasteiger partial charge in [0.2, 0.25) is 5.91 Å². The van der Waals surface area contributed by atoms with E-state index >= 15 is 0 Å². The molecule has 9 heteroatoms. The van der Waals surface area contributed by atoms with E-state index in [4.69, 9.17) is 16.6 Å². The Hall–Kier alpha value is -2.45. The van der Waals surface area contributed by atoms with E-state index in [2.05, 4.69) is 25.1 Å². The van der Waals surface area contributed by atoms with Crippen LogP contribution in [-0.2, 0) is 17.9 Å². The molecule has 2 aromatic rings. The van der Waals surface area contributed by atoms with Crippen molar-refractivity contribution in [3.8, 4) is 11.4 Å². The summed E-state index contributed by atoms with van der Waals surface area (Å²) in [4.78, 5) is 36.6. The minimum atomic E-state index is -0.685. The third-order valence-electron chi connectivity index (χ3n) is 5.26. The van der Waals surface area contributed by atoms with Gasteiger partial charge in [-0.05, 0) is 37.6 Å². The number of aromatic nitrogens is 3. The van der Waals surface area contributed by atoms with Gasteiger partial charge in [-0.15, -0.1) is 0 Å². The lowest BCUT2D eigenvalue weighted by atomic mass is 9.86. The van der Waals surface area contributed by atoms with Gasteiger partial charge in [0.15, 0.2) is 5.69 Å². The van der Waals surface area contributed by atoms with E-state index in [1.165, 1.54) is 0 Å².